The zero-order valence-corrected chi connectivity index (χ0v) is 20.0. The number of urea groups is 1. The van der Waals surface area contributed by atoms with Gasteiger partial charge in [-0.25, -0.2) is 9.69 Å². The van der Waals surface area contributed by atoms with Crippen LogP contribution in [0.1, 0.15) is 22.3 Å². The van der Waals surface area contributed by atoms with Crippen molar-refractivity contribution in [3.8, 4) is 5.75 Å². The van der Waals surface area contributed by atoms with E-state index in [-0.39, 0.29) is 16.2 Å². The zero-order valence-electron chi connectivity index (χ0n) is 19.2. The van der Waals surface area contributed by atoms with E-state index in [1.807, 2.05) is 19.9 Å². The molecule has 0 bridgehead atoms. The molecule has 1 heterocycles. The number of nitrogens with zero attached hydrogens (tertiary/aromatic N) is 1. The first kappa shape index (κ1) is 23.9. The van der Waals surface area contributed by atoms with Crippen molar-refractivity contribution >= 4 is 39.7 Å². The predicted molar refractivity (Wildman–Crippen MR) is 130 cm³/mol. The van der Waals surface area contributed by atoms with E-state index < -0.39 is 28.0 Å². The fourth-order valence-corrected chi connectivity index (χ4v) is 4.43. The molecule has 0 unspecified atom stereocenters. The highest BCUT2D eigenvalue weighted by atomic mass is 32.2. The van der Waals surface area contributed by atoms with Crippen LogP contribution in [-0.2, 0) is 19.7 Å². The van der Waals surface area contributed by atoms with E-state index in [4.69, 9.17) is 4.18 Å². The lowest BCUT2D eigenvalue weighted by atomic mass is 10.0. The highest BCUT2D eigenvalue weighted by Crippen LogP contribution is 2.27. The minimum atomic E-state index is -4.02. The first-order valence-electron chi connectivity index (χ1n) is 10.6. The minimum absolute atomic E-state index is 0.0231. The summed E-state index contributed by atoms with van der Waals surface area (Å²) >= 11 is 0. The summed E-state index contributed by atoms with van der Waals surface area (Å²) in [6.45, 7) is 5.44. The molecule has 0 atom stereocenters. The molecule has 9 heteroatoms. The van der Waals surface area contributed by atoms with E-state index >= 15 is 0 Å². The summed E-state index contributed by atoms with van der Waals surface area (Å²) in [5.74, 6) is -1.50. The molecule has 1 N–H and O–H groups in total. The molecule has 178 valence electrons. The molecule has 8 nitrogen and oxygen atoms in total. The van der Waals surface area contributed by atoms with Crippen LogP contribution in [0.25, 0.3) is 6.08 Å². The van der Waals surface area contributed by atoms with Gasteiger partial charge in [-0.1, -0.05) is 42.0 Å². The number of barbiturate groups is 1. The topological polar surface area (TPSA) is 110 Å². The maximum atomic E-state index is 13.1. The molecular formula is C26H22N2O6S. The van der Waals surface area contributed by atoms with Crippen LogP contribution < -0.4 is 14.4 Å². The molecule has 1 aliphatic heterocycles. The summed E-state index contributed by atoms with van der Waals surface area (Å²) in [6.07, 6.45) is 1.33. The highest BCUT2D eigenvalue weighted by molar-refractivity contribution is 7.87. The zero-order chi connectivity index (χ0) is 25.3. The average molecular weight is 491 g/mol. The summed E-state index contributed by atoms with van der Waals surface area (Å²) in [5, 5.41) is 2.19. The van der Waals surface area contributed by atoms with Crippen LogP contribution in [0.15, 0.2) is 77.2 Å². The van der Waals surface area contributed by atoms with Gasteiger partial charge in [0.2, 0.25) is 0 Å². The third kappa shape index (κ3) is 4.99. The predicted octanol–water partition coefficient (Wildman–Crippen LogP) is 4.05. The molecule has 0 aliphatic carbocycles. The number of carbonyl (C=O) groups excluding carboxylic acids is 3. The van der Waals surface area contributed by atoms with Crippen LogP contribution in [0, 0.1) is 20.8 Å². The number of aryl methyl sites for hydroxylation is 3. The van der Waals surface area contributed by atoms with Crippen molar-refractivity contribution in [1.82, 2.24) is 5.32 Å². The number of carbonyl (C=O) groups is 3. The Kier molecular flexibility index (Phi) is 6.27. The Morgan fingerprint density at radius 3 is 2.11 bits per heavy atom. The summed E-state index contributed by atoms with van der Waals surface area (Å²) in [7, 11) is -4.02. The molecule has 1 saturated heterocycles. The van der Waals surface area contributed by atoms with E-state index in [0.717, 1.165) is 16.0 Å². The van der Waals surface area contributed by atoms with E-state index in [1.54, 1.807) is 31.2 Å². The van der Waals surface area contributed by atoms with E-state index in [1.165, 1.54) is 42.5 Å². The Bertz CT molecular complexity index is 1470. The van der Waals surface area contributed by atoms with E-state index in [0.29, 0.717) is 16.8 Å². The number of amides is 4. The third-order valence-electron chi connectivity index (χ3n) is 5.41. The van der Waals surface area contributed by atoms with Gasteiger partial charge in [0.15, 0.2) is 0 Å². The van der Waals surface area contributed by atoms with Crippen LogP contribution in [0.2, 0.25) is 0 Å². The van der Waals surface area contributed by atoms with Crippen molar-refractivity contribution in [2.45, 2.75) is 25.7 Å². The molecule has 4 rings (SSSR count). The van der Waals surface area contributed by atoms with Crippen LogP contribution in [0.5, 0.6) is 5.75 Å². The number of hydrogen-bond acceptors (Lipinski definition) is 6. The molecular weight excluding hydrogens is 468 g/mol. The van der Waals surface area contributed by atoms with Crippen molar-refractivity contribution in [3.05, 3.63) is 94.6 Å². The minimum Gasteiger partial charge on any atom is -0.379 e. The van der Waals surface area contributed by atoms with Gasteiger partial charge in [-0.05, 0) is 73.9 Å². The normalized spacial score (nSPS) is 15.3. The maximum Gasteiger partial charge on any atom is 0.339 e. The van der Waals surface area contributed by atoms with Gasteiger partial charge in [0.05, 0.1) is 5.69 Å². The van der Waals surface area contributed by atoms with Gasteiger partial charge in [-0.2, -0.15) is 8.42 Å². The van der Waals surface area contributed by atoms with Gasteiger partial charge in [0.25, 0.3) is 11.8 Å². The monoisotopic (exact) mass is 490 g/mol. The van der Waals surface area contributed by atoms with Crippen LogP contribution in [0.4, 0.5) is 10.5 Å². The second kappa shape index (κ2) is 9.19. The molecule has 3 aromatic carbocycles. The van der Waals surface area contributed by atoms with Crippen LogP contribution in [-0.4, -0.2) is 26.3 Å². The lowest BCUT2D eigenvalue weighted by Gasteiger charge is -2.27. The van der Waals surface area contributed by atoms with Gasteiger partial charge in [-0.3, -0.25) is 14.9 Å². The molecule has 0 radical (unpaired) electrons. The lowest BCUT2D eigenvalue weighted by molar-refractivity contribution is -0.122. The Balaban J connectivity index is 1.59. The second-order valence-electron chi connectivity index (χ2n) is 8.17. The van der Waals surface area contributed by atoms with Crippen molar-refractivity contribution in [3.63, 3.8) is 0 Å². The molecule has 4 amide bonds. The van der Waals surface area contributed by atoms with Crippen molar-refractivity contribution in [1.29, 1.82) is 0 Å². The quantitative estimate of drug-likeness (QED) is 0.328. The molecule has 0 saturated carbocycles. The number of hydrogen-bond donors (Lipinski definition) is 1. The molecule has 0 spiro atoms. The van der Waals surface area contributed by atoms with Gasteiger partial charge >= 0.3 is 16.1 Å². The second-order valence-corrected chi connectivity index (χ2v) is 9.71. The molecule has 3 aromatic rings. The van der Waals surface area contributed by atoms with Gasteiger partial charge < -0.3 is 4.18 Å². The Morgan fingerprint density at radius 2 is 1.46 bits per heavy atom. The maximum absolute atomic E-state index is 13.1. The Morgan fingerprint density at radius 1 is 0.829 bits per heavy atom. The first-order valence-corrected chi connectivity index (χ1v) is 12.1. The van der Waals surface area contributed by atoms with Crippen LogP contribution in [0.3, 0.4) is 0 Å². The Hall–Kier alpha value is -4.24. The van der Waals surface area contributed by atoms with Crippen molar-refractivity contribution in [2.24, 2.45) is 0 Å². The van der Waals surface area contributed by atoms with Gasteiger partial charge in [-0.15, -0.1) is 0 Å². The van der Waals surface area contributed by atoms with Gasteiger partial charge in [0.1, 0.15) is 16.2 Å². The number of benzene rings is 3. The fourth-order valence-electron chi connectivity index (χ4n) is 3.50. The number of rotatable bonds is 5. The first-order chi connectivity index (χ1) is 16.5. The summed E-state index contributed by atoms with van der Waals surface area (Å²) in [5.41, 5.74) is 3.07. The molecule has 1 aliphatic rings. The van der Waals surface area contributed by atoms with Crippen LogP contribution >= 0.6 is 0 Å². The standard InChI is InChI=1S/C26H22N2O6S/c1-16-5-12-21(13-6-16)35(32,33)34-20-10-8-19(9-11-20)15-22-24(29)27-26(31)28(25(22)30)23-14-17(2)4-7-18(23)3/h4-15H,1-3H3,(H,27,29,31)/b22-15+. The number of imide groups is 2. The van der Waals surface area contributed by atoms with Crippen molar-refractivity contribution < 1.29 is 27.0 Å². The molecule has 35 heavy (non-hydrogen) atoms. The van der Waals surface area contributed by atoms with E-state index in [2.05, 4.69) is 5.32 Å². The fraction of sp³-hybridized carbons (Fsp3) is 0.115. The largest absolute Gasteiger partial charge is 0.379 e. The molecule has 0 aromatic heterocycles. The van der Waals surface area contributed by atoms with E-state index in [9.17, 15) is 22.8 Å². The Labute approximate surface area is 203 Å². The lowest BCUT2D eigenvalue weighted by Crippen LogP contribution is -2.54. The third-order valence-corrected chi connectivity index (χ3v) is 6.68. The smallest absolute Gasteiger partial charge is 0.339 e. The highest BCUT2D eigenvalue weighted by Gasteiger charge is 2.37. The summed E-state index contributed by atoms with van der Waals surface area (Å²) < 4.78 is 30.1. The number of anilines is 1. The number of nitrogens with one attached hydrogen (secondary N) is 1. The summed E-state index contributed by atoms with van der Waals surface area (Å²) in [6, 6.07) is 16.6. The average Bonchev–Trinajstić information content (AvgIpc) is 2.80. The van der Waals surface area contributed by atoms with Gasteiger partial charge in [0, 0.05) is 0 Å². The SMILES string of the molecule is Cc1ccc(S(=O)(=O)Oc2ccc(/C=C3\C(=O)NC(=O)N(c4cc(C)ccc4C)C3=O)cc2)cc1. The molecule has 1 fully saturated rings. The van der Waals surface area contributed by atoms with Crippen molar-refractivity contribution in [2.75, 3.05) is 4.90 Å². The summed E-state index contributed by atoms with van der Waals surface area (Å²) in [4.78, 5) is 39.0.